The van der Waals surface area contributed by atoms with Gasteiger partial charge in [0.25, 0.3) is 0 Å². The maximum Gasteiger partial charge on any atom is 0.326 e. The van der Waals surface area contributed by atoms with E-state index in [0.29, 0.717) is 6.04 Å². The van der Waals surface area contributed by atoms with Crippen LogP contribution in [0.4, 0.5) is 0 Å². The molecule has 0 heterocycles. The number of hydrogen-bond acceptors (Lipinski definition) is 3. The van der Waals surface area contributed by atoms with Crippen LogP contribution >= 0.6 is 0 Å². The van der Waals surface area contributed by atoms with Crippen LogP contribution in [0.5, 0.6) is 0 Å². The Morgan fingerprint density at radius 2 is 2.27 bits per heavy atom. The second kappa shape index (κ2) is 4.94. The third-order valence-electron chi connectivity index (χ3n) is 2.80. The molecule has 88 valence electrons. The van der Waals surface area contributed by atoms with Gasteiger partial charge in [0.1, 0.15) is 5.54 Å². The summed E-state index contributed by atoms with van der Waals surface area (Å²) in [5, 5.41) is 12.3. The quantitative estimate of drug-likeness (QED) is 0.674. The van der Waals surface area contributed by atoms with Gasteiger partial charge in [-0.2, -0.15) is 0 Å². The molecule has 1 saturated carbocycles. The molecule has 1 aliphatic rings. The van der Waals surface area contributed by atoms with Crippen molar-refractivity contribution >= 4 is 5.97 Å². The van der Waals surface area contributed by atoms with Crippen LogP contribution < -0.4 is 5.32 Å². The highest BCUT2D eigenvalue weighted by Gasteiger charge is 2.39. The van der Waals surface area contributed by atoms with Crippen LogP contribution in [0.25, 0.3) is 0 Å². The minimum Gasteiger partial charge on any atom is -0.480 e. The fourth-order valence-electron chi connectivity index (χ4n) is 1.27. The van der Waals surface area contributed by atoms with Crippen molar-refractivity contribution in [3.63, 3.8) is 0 Å². The van der Waals surface area contributed by atoms with Crippen LogP contribution in [0.3, 0.4) is 0 Å². The summed E-state index contributed by atoms with van der Waals surface area (Å²) in [6.07, 6.45) is 3.17. The van der Waals surface area contributed by atoms with Gasteiger partial charge >= 0.3 is 5.97 Å². The Bertz CT molecular complexity index is 228. The summed E-state index contributed by atoms with van der Waals surface area (Å²) in [4.78, 5) is 11.1. The van der Waals surface area contributed by atoms with Gasteiger partial charge in [0.05, 0.1) is 12.7 Å². The number of aliphatic carboxylic acids is 1. The van der Waals surface area contributed by atoms with Crippen molar-refractivity contribution in [1.29, 1.82) is 0 Å². The lowest BCUT2D eigenvalue weighted by molar-refractivity contribution is -0.148. The lowest BCUT2D eigenvalue weighted by Gasteiger charge is -2.27. The van der Waals surface area contributed by atoms with E-state index < -0.39 is 11.5 Å². The number of carboxylic acids is 1. The Kier molecular flexibility index (Phi) is 4.11. The van der Waals surface area contributed by atoms with Gasteiger partial charge in [-0.1, -0.05) is 6.92 Å². The summed E-state index contributed by atoms with van der Waals surface area (Å²) >= 11 is 0. The molecule has 0 aromatic heterocycles. The average Bonchev–Trinajstić information content (AvgIpc) is 2.97. The molecule has 4 heteroatoms. The van der Waals surface area contributed by atoms with Crippen LogP contribution in [-0.2, 0) is 9.53 Å². The molecular formula is C11H21NO3. The zero-order chi connectivity index (χ0) is 11.5. The van der Waals surface area contributed by atoms with Crippen LogP contribution in [0.2, 0.25) is 0 Å². The van der Waals surface area contributed by atoms with Crippen molar-refractivity contribution in [2.75, 3.05) is 6.61 Å². The van der Waals surface area contributed by atoms with E-state index in [1.807, 2.05) is 13.8 Å². The zero-order valence-corrected chi connectivity index (χ0v) is 9.75. The van der Waals surface area contributed by atoms with Crippen molar-refractivity contribution in [1.82, 2.24) is 5.32 Å². The van der Waals surface area contributed by atoms with Gasteiger partial charge in [-0.15, -0.1) is 0 Å². The molecule has 15 heavy (non-hydrogen) atoms. The van der Waals surface area contributed by atoms with Gasteiger partial charge in [0.15, 0.2) is 0 Å². The molecule has 1 aliphatic carbocycles. The van der Waals surface area contributed by atoms with E-state index in [4.69, 9.17) is 9.84 Å². The van der Waals surface area contributed by atoms with Crippen molar-refractivity contribution in [2.24, 2.45) is 0 Å². The zero-order valence-electron chi connectivity index (χ0n) is 9.75. The normalized spacial score (nSPS) is 22.1. The number of rotatable bonds is 7. The van der Waals surface area contributed by atoms with E-state index in [0.717, 1.165) is 19.3 Å². The smallest absolute Gasteiger partial charge is 0.326 e. The van der Waals surface area contributed by atoms with Gasteiger partial charge in [0, 0.05) is 6.04 Å². The molecule has 0 spiro atoms. The fraction of sp³-hybridized carbons (Fsp3) is 0.909. The molecule has 1 rings (SSSR count). The Hall–Kier alpha value is -0.610. The summed E-state index contributed by atoms with van der Waals surface area (Å²) in [7, 11) is 0. The standard InChI is InChI=1S/C11H21NO3/c1-4-8(2)15-7-11(3,10(13)14)12-9-5-6-9/h8-9,12H,4-7H2,1-3H3,(H,13,14). The van der Waals surface area contributed by atoms with E-state index in [-0.39, 0.29) is 12.7 Å². The minimum atomic E-state index is -0.940. The van der Waals surface area contributed by atoms with Crippen molar-refractivity contribution in [2.45, 2.75) is 57.7 Å². The van der Waals surface area contributed by atoms with Gasteiger partial charge in [-0.25, -0.2) is 0 Å². The first kappa shape index (κ1) is 12.5. The second-order valence-corrected chi connectivity index (χ2v) is 4.59. The predicted octanol–water partition coefficient (Wildman–Crippen LogP) is 1.40. The summed E-state index contributed by atoms with van der Waals surface area (Å²) in [6, 6.07) is 0.367. The van der Waals surface area contributed by atoms with E-state index in [9.17, 15) is 4.79 Å². The maximum atomic E-state index is 11.1. The Morgan fingerprint density at radius 3 is 2.67 bits per heavy atom. The third kappa shape index (κ3) is 3.80. The summed E-state index contributed by atoms with van der Waals surface area (Å²) < 4.78 is 5.50. The highest BCUT2D eigenvalue weighted by Crippen LogP contribution is 2.23. The monoisotopic (exact) mass is 215 g/mol. The molecule has 0 aliphatic heterocycles. The topological polar surface area (TPSA) is 58.6 Å². The van der Waals surface area contributed by atoms with Crippen molar-refractivity contribution < 1.29 is 14.6 Å². The van der Waals surface area contributed by atoms with E-state index >= 15 is 0 Å². The van der Waals surface area contributed by atoms with E-state index in [2.05, 4.69) is 5.32 Å². The van der Waals surface area contributed by atoms with Gasteiger partial charge in [-0.05, 0) is 33.1 Å². The van der Waals surface area contributed by atoms with Gasteiger partial charge in [0.2, 0.25) is 0 Å². The van der Waals surface area contributed by atoms with Gasteiger partial charge < -0.3 is 9.84 Å². The summed E-state index contributed by atoms with van der Waals surface area (Å²) in [6.45, 7) is 5.90. The van der Waals surface area contributed by atoms with Crippen LogP contribution in [0, 0.1) is 0 Å². The van der Waals surface area contributed by atoms with Crippen molar-refractivity contribution in [3.8, 4) is 0 Å². The first-order valence-electron chi connectivity index (χ1n) is 5.60. The molecule has 0 radical (unpaired) electrons. The van der Waals surface area contributed by atoms with E-state index in [1.54, 1.807) is 6.92 Å². The fourth-order valence-corrected chi connectivity index (χ4v) is 1.27. The predicted molar refractivity (Wildman–Crippen MR) is 57.9 cm³/mol. The first-order chi connectivity index (χ1) is 6.98. The molecule has 2 unspecified atom stereocenters. The SMILES string of the molecule is CCC(C)OCC(C)(NC1CC1)C(=O)O. The Morgan fingerprint density at radius 1 is 1.67 bits per heavy atom. The first-order valence-corrected chi connectivity index (χ1v) is 5.60. The molecule has 0 amide bonds. The van der Waals surface area contributed by atoms with Crippen LogP contribution in [-0.4, -0.2) is 35.4 Å². The largest absolute Gasteiger partial charge is 0.480 e. The maximum absolute atomic E-state index is 11.1. The number of carboxylic acid groups (broad SMARTS) is 1. The Balaban J connectivity index is 2.44. The average molecular weight is 215 g/mol. The van der Waals surface area contributed by atoms with Crippen LogP contribution in [0.15, 0.2) is 0 Å². The Labute approximate surface area is 91.0 Å². The highest BCUT2D eigenvalue weighted by atomic mass is 16.5. The number of carbonyl (C=O) groups is 1. The molecule has 0 bridgehead atoms. The molecule has 0 aromatic rings. The number of hydrogen-bond donors (Lipinski definition) is 2. The molecule has 0 aromatic carbocycles. The lowest BCUT2D eigenvalue weighted by Crippen LogP contribution is -2.54. The minimum absolute atomic E-state index is 0.115. The molecular weight excluding hydrogens is 194 g/mol. The van der Waals surface area contributed by atoms with Gasteiger partial charge in [-0.3, -0.25) is 10.1 Å². The number of nitrogens with one attached hydrogen (secondary N) is 1. The molecule has 0 saturated heterocycles. The molecule has 1 fully saturated rings. The lowest BCUT2D eigenvalue weighted by atomic mass is 10.0. The van der Waals surface area contributed by atoms with Crippen LogP contribution in [0.1, 0.15) is 40.0 Å². The molecule has 2 N–H and O–H groups in total. The summed E-state index contributed by atoms with van der Waals surface area (Å²) in [5.41, 5.74) is -0.940. The summed E-state index contributed by atoms with van der Waals surface area (Å²) in [5.74, 6) is -0.835. The molecule has 4 nitrogen and oxygen atoms in total. The number of ether oxygens (including phenoxy) is 1. The highest BCUT2D eigenvalue weighted by molar-refractivity contribution is 5.78. The third-order valence-corrected chi connectivity index (χ3v) is 2.80. The van der Waals surface area contributed by atoms with E-state index in [1.165, 1.54) is 0 Å². The molecule has 2 atom stereocenters. The van der Waals surface area contributed by atoms with Crippen molar-refractivity contribution in [3.05, 3.63) is 0 Å². The second-order valence-electron chi connectivity index (χ2n) is 4.59.